The maximum absolute atomic E-state index is 14.2. The van der Waals surface area contributed by atoms with Crippen molar-refractivity contribution in [1.82, 2.24) is 14.9 Å². The molecule has 0 radical (unpaired) electrons. The number of piperazine rings is 1. The van der Waals surface area contributed by atoms with Gasteiger partial charge in [0.1, 0.15) is 11.6 Å². The van der Waals surface area contributed by atoms with Gasteiger partial charge in [-0.15, -0.1) is 11.3 Å². The maximum Gasteiger partial charge on any atom is 0.246 e. The average Bonchev–Trinajstić information content (AvgIpc) is 3.28. The third-order valence-corrected chi connectivity index (χ3v) is 6.20. The summed E-state index contributed by atoms with van der Waals surface area (Å²) < 4.78 is 14.2. The van der Waals surface area contributed by atoms with Gasteiger partial charge in [0.15, 0.2) is 5.13 Å². The Hall–Kier alpha value is -3.30. The molecule has 2 aromatic heterocycles. The summed E-state index contributed by atoms with van der Waals surface area (Å²) in [6.45, 7) is 3.84. The number of amides is 2. The topological polar surface area (TPSA) is 69.6 Å². The van der Waals surface area contributed by atoms with Crippen molar-refractivity contribution >= 4 is 57.5 Å². The first kappa shape index (κ1) is 22.9. The van der Waals surface area contributed by atoms with Crippen molar-refractivity contribution < 1.29 is 14.0 Å². The molecule has 33 heavy (non-hydrogen) atoms. The number of benzene rings is 1. The van der Waals surface area contributed by atoms with Crippen LogP contribution < -0.4 is 9.80 Å². The fraction of sp³-hybridized carbons (Fsp3) is 0.217. The van der Waals surface area contributed by atoms with E-state index in [2.05, 4.69) is 14.9 Å². The van der Waals surface area contributed by atoms with Crippen LogP contribution in [0.1, 0.15) is 12.6 Å². The van der Waals surface area contributed by atoms with Crippen molar-refractivity contribution in [1.29, 1.82) is 0 Å². The lowest BCUT2D eigenvalue weighted by molar-refractivity contribution is -0.126. The number of aromatic nitrogens is 2. The van der Waals surface area contributed by atoms with E-state index < -0.39 is 5.82 Å². The molecule has 0 bridgehead atoms. The van der Waals surface area contributed by atoms with E-state index in [-0.39, 0.29) is 17.5 Å². The van der Waals surface area contributed by atoms with Crippen molar-refractivity contribution in [2.45, 2.75) is 6.92 Å². The Morgan fingerprint density at radius 1 is 1.15 bits per heavy atom. The molecule has 1 aliphatic heterocycles. The molecule has 170 valence electrons. The minimum atomic E-state index is -0.511. The van der Waals surface area contributed by atoms with Gasteiger partial charge >= 0.3 is 0 Å². The second-order valence-electron chi connectivity index (χ2n) is 7.34. The zero-order valence-corrected chi connectivity index (χ0v) is 19.4. The zero-order chi connectivity index (χ0) is 23.4. The molecule has 3 aromatic rings. The Balaban J connectivity index is 1.39. The number of halogens is 2. The Bertz CT molecular complexity index is 1180. The van der Waals surface area contributed by atoms with Gasteiger partial charge in [0, 0.05) is 50.8 Å². The van der Waals surface area contributed by atoms with E-state index in [1.807, 2.05) is 6.07 Å². The summed E-state index contributed by atoms with van der Waals surface area (Å²) in [5.41, 5.74) is 0.661. The number of anilines is 3. The summed E-state index contributed by atoms with van der Waals surface area (Å²) in [6.07, 6.45) is 4.68. The number of hydrogen-bond donors (Lipinski definition) is 0. The SMILES string of the molecule is CC(=O)N(c1nc(/C=C/C(=O)N2CCN(c3ccc(Cl)cn3)CC2)cs1)c1ccccc1F. The molecule has 0 N–H and O–H groups in total. The van der Waals surface area contributed by atoms with Crippen LogP contribution in [0.15, 0.2) is 54.1 Å². The molecule has 1 aromatic carbocycles. The second-order valence-corrected chi connectivity index (χ2v) is 8.61. The van der Waals surface area contributed by atoms with E-state index >= 15 is 0 Å². The van der Waals surface area contributed by atoms with Crippen molar-refractivity contribution in [3.8, 4) is 0 Å². The number of nitrogens with zero attached hydrogens (tertiary/aromatic N) is 5. The number of pyridine rings is 1. The van der Waals surface area contributed by atoms with Crippen molar-refractivity contribution in [3.05, 3.63) is 70.6 Å². The molecule has 7 nitrogen and oxygen atoms in total. The Kier molecular flexibility index (Phi) is 7.00. The number of carbonyl (C=O) groups excluding carboxylic acids is 2. The van der Waals surface area contributed by atoms with Crippen LogP contribution in [0.5, 0.6) is 0 Å². The Morgan fingerprint density at radius 2 is 1.91 bits per heavy atom. The number of hydrogen-bond acceptors (Lipinski definition) is 6. The fourth-order valence-electron chi connectivity index (χ4n) is 3.47. The summed E-state index contributed by atoms with van der Waals surface area (Å²) in [5.74, 6) is -0.148. The highest BCUT2D eigenvalue weighted by Crippen LogP contribution is 2.31. The van der Waals surface area contributed by atoms with Gasteiger partial charge < -0.3 is 9.80 Å². The molecule has 3 heterocycles. The van der Waals surface area contributed by atoms with Crippen LogP contribution >= 0.6 is 22.9 Å². The fourth-order valence-corrected chi connectivity index (χ4v) is 4.43. The van der Waals surface area contributed by atoms with E-state index in [9.17, 15) is 14.0 Å². The average molecular weight is 486 g/mol. The summed E-state index contributed by atoms with van der Waals surface area (Å²) in [6, 6.07) is 9.70. The number of carbonyl (C=O) groups is 2. The molecule has 1 aliphatic rings. The second kappa shape index (κ2) is 10.1. The van der Waals surface area contributed by atoms with Crippen LogP contribution in [-0.4, -0.2) is 52.9 Å². The summed E-state index contributed by atoms with van der Waals surface area (Å²) in [7, 11) is 0. The van der Waals surface area contributed by atoms with Crippen LogP contribution in [0.3, 0.4) is 0 Å². The first-order chi connectivity index (χ1) is 15.9. The normalized spacial score (nSPS) is 14.0. The summed E-state index contributed by atoms with van der Waals surface area (Å²) in [4.78, 5) is 38.6. The molecule has 0 aliphatic carbocycles. The highest BCUT2D eigenvalue weighted by Gasteiger charge is 2.22. The third-order valence-electron chi connectivity index (χ3n) is 5.13. The van der Waals surface area contributed by atoms with E-state index in [1.54, 1.807) is 40.8 Å². The third kappa shape index (κ3) is 5.37. The van der Waals surface area contributed by atoms with E-state index in [0.717, 1.165) is 5.82 Å². The van der Waals surface area contributed by atoms with Gasteiger partial charge in [-0.3, -0.25) is 14.5 Å². The Labute approximate surface area is 199 Å². The molecule has 10 heteroatoms. The highest BCUT2D eigenvalue weighted by molar-refractivity contribution is 7.14. The molecule has 0 atom stereocenters. The lowest BCUT2D eigenvalue weighted by atomic mass is 10.3. The first-order valence-electron chi connectivity index (χ1n) is 10.3. The van der Waals surface area contributed by atoms with Crippen LogP contribution in [-0.2, 0) is 9.59 Å². The van der Waals surface area contributed by atoms with Crippen LogP contribution in [0.4, 0.5) is 21.0 Å². The highest BCUT2D eigenvalue weighted by atomic mass is 35.5. The zero-order valence-electron chi connectivity index (χ0n) is 17.8. The lowest BCUT2D eigenvalue weighted by Crippen LogP contribution is -2.48. The van der Waals surface area contributed by atoms with Gasteiger partial charge in [-0.2, -0.15) is 0 Å². The van der Waals surface area contributed by atoms with Gasteiger partial charge in [0.05, 0.1) is 16.4 Å². The van der Waals surface area contributed by atoms with E-state index in [1.165, 1.54) is 41.4 Å². The van der Waals surface area contributed by atoms with Gasteiger partial charge in [0.2, 0.25) is 11.8 Å². The van der Waals surface area contributed by atoms with Crippen LogP contribution in [0.25, 0.3) is 6.08 Å². The molecule has 1 fully saturated rings. The molecular formula is C23H21ClFN5O2S. The van der Waals surface area contributed by atoms with Crippen molar-refractivity contribution in [2.24, 2.45) is 0 Å². The van der Waals surface area contributed by atoms with Gasteiger partial charge in [0.25, 0.3) is 0 Å². The summed E-state index contributed by atoms with van der Waals surface area (Å²) in [5, 5.41) is 2.65. The molecule has 2 amide bonds. The molecule has 0 spiro atoms. The van der Waals surface area contributed by atoms with E-state index in [0.29, 0.717) is 42.0 Å². The van der Waals surface area contributed by atoms with Crippen LogP contribution in [0, 0.1) is 5.82 Å². The largest absolute Gasteiger partial charge is 0.353 e. The van der Waals surface area contributed by atoms with Gasteiger partial charge in [-0.05, 0) is 30.3 Å². The van der Waals surface area contributed by atoms with Crippen molar-refractivity contribution in [3.63, 3.8) is 0 Å². The number of para-hydroxylation sites is 1. The molecule has 4 rings (SSSR count). The minimum absolute atomic E-state index is 0.120. The van der Waals surface area contributed by atoms with Crippen molar-refractivity contribution in [2.75, 3.05) is 36.0 Å². The Morgan fingerprint density at radius 3 is 2.58 bits per heavy atom. The molecule has 0 unspecified atom stereocenters. The van der Waals surface area contributed by atoms with E-state index in [4.69, 9.17) is 11.6 Å². The standard InChI is InChI=1S/C23H21ClFN5O2S/c1-16(31)30(20-5-3-2-4-19(20)25)23-27-18(15-33-23)7-9-22(32)29-12-10-28(11-13-29)21-8-6-17(24)14-26-21/h2-9,14-15H,10-13H2,1H3/b9-7+. The number of thiazole rings is 1. The lowest BCUT2D eigenvalue weighted by Gasteiger charge is -2.34. The predicted octanol–water partition coefficient (Wildman–Crippen LogP) is 4.38. The molecule has 1 saturated heterocycles. The monoisotopic (exact) mass is 485 g/mol. The molecule has 0 saturated carbocycles. The molecular weight excluding hydrogens is 465 g/mol. The minimum Gasteiger partial charge on any atom is -0.353 e. The number of rotatable bonds is 5. The quantitative estimate of drug-likeness (QED) is 0.502. The van der Waals surface area contributed by atoms with Crippen LogP contribution in [0.2, 0.25) is 5.02 Å². The smallest absolute Gasteiger partial charge is 0.246 e. The first-order valence-corrected chi connectivity index (χ1v) is 11.5. The van der Waals surface area contributed by atoms with Gasteiger partial charge in [-0.25, -0.2) is 14.4 Å². The van der Waals surface area contributed by atoms with Gasteiger partial charge in [-0.1, -0.05) is 23.7 Å². The maximum atomic E-state index is 14.2. The predicted molar refractivity (Wildman–Crippen MR) is 128 cm³/mol. The summed E-state index contributed by atoms with van der Waals surface area (Å²) >= 11 is 7.09.